The van der Waals surface area contributed by atoms with E-state index in [9.17, 15) is 0 Å². The molecule has 62 heavy (non-hydrogen) atoms. The third kappa shape index (κ3) is 5.58. The fraction of sp³-hybridized carbons (Fsp3) is 0.207. The van der Waals surface area contributed by atoms with Gasteiger partial charge in [0.25, 0.3) is 0 Å². The first kappa shape index (κ1) is 38.7. The van der Waals surface area contributed by atoms with Crippen molar-refractivity contribution in [1.29, 1.82) is 0 Å². The molecule has 1 aliphatic carbocycles. The lowest BCUT2D eigenvalue weighted by molar-refractivity contribution is 0.905. The fourth-order valence-corrected chi connectivity index (χ4v) is 12.5. The van der Waals surface area contributed by atoms with E-state index in [0.29, 0.717) is 0 Å². The lowest BCUT2D eigenvalue weighted by atomic mass is 9.32. The van der Waals surface area contributed by atoms with Gasteiger partial charge in [-0.3, -0.25) is 0 Å². The highest BCUT2D eigenvalue weighted by Gasteiger charge is 2.49. The molecule has 0 aromatic heterocycles. The van der Waals surface area contributed by atoms with E-state index < -0.39 is 0 Å². The summed E-state index contributed by atoms with van der Waals surface area (Å²) >= 11 is 0. The van der Waals surface area contributed by atoms with Gasteiger partial charge < -0.3 is 9.80 Å². The van der Waals surface area contributed by atoms with Crippen LogP contribution in [0, 0.1) is 69.2 Å². The largest absolute Gasteiger partial charge is 0.308 e. The Hall–Kier alpha value is -6.25. The second-order valence-electron chi connectivity index (χ2n) is 19.0. The van der Waals surface area contributed by atoms with Gasteiger partial charge in [-0.15, -0.1) is 0 Å². The zero-order valence-corrected chi connectivity index (χ0v) is 38.0. The summed E-state index contributed by atoms with van der Waals surface area (Å²) in [5.41, 5.74) is 35.1. The van der Waals surface area contributed by atoms with Crippen molar-refractivity contribution >= 4 is 63.5 Å². The molecule has 0 unspecified atom stereocenters. The van der Waals surface area contributed by atoms with Crippen molar-refractivity contribution in [3.05, 3.63) is 194 Å². The molecule has 0 bridgehead atoms. The number of hydrogen-bond donors (Lipinski definition) is 0. The second-order valence-corrected chi connectivity index (χ2v) is 19.0. The van der Waals surface area contributed by atoms with Crippen molar-refractivity contribution in [3.63, 3.8) is 0 Å². The van der Waals surface area contributed by atoms with Crippen molar-refractivity contribution in [1.82, 2.24) is 0 Å². The highest BCUT2D eigenvalue weighted by atomic mass is 15.3. The van der Waals surface area contributed by atoms with Crippen molar-refractivity contribution in [2.45, 2.75) is 82.1 Å². The molecule has 0 spiro atoms. The van der Waals surface area contributed by atoms with Crippen LogP contribution in [0.2, 0.25) is 0 Å². The van der Waals surface area contributed by atoms with E-state index in [4.69, 9.17) is 0 Å². The normalized spacial score (nSPS) is 14.7. The molecule has 7 aromatic carbocycles. The minimum Gasteiger partial charge on any atom is -0.308 e. The first-order valence-electron chi connectivity index (χ1n) is 22.6. The summed E-state index contributed by atoms with van der Waals surface area (Å²) in [4.78, 5) is 5.35. The van der Waals surface area contributed by atoms with Gasteiger partial charge in [0, 0.05) is 11.4 Å². The van der Waals surface area contributed by atoms with E-state index >= 15 is 0 Å². The molecule has 302 valence electrons. The van der Waals surface area contributed by atoms with Crippen molar-refractivity contribution in [2.75, 3.05) is 9.80 Å². The molecular weight excluding hydrogens is 746 g/mol. The maximum atomic E-state index is 2.68. The van der Waals surface area contributed by atoms with E-state index in [1.54, 1.807) is 0 Å². The van der Waals surface area contributed by atoms with Gasteiger partial charge in [-0.25, -0.2) is 0 Å². The smallest absolute Gasteiger partial charge is 0.247 e. The van der Waals surface area contributed by atoms with E-state index in [1.807, 2.05) is 0 Å². The molecule has 0 radical (unpaired) electrons. The molecule has 4 heteroatoms. The van der Waals surface area contributed by atoms with Gasteiger partial charge in [0.05, 0.1) is 22.8 Å². The van der Waals surface area contributed by atoms with Crippen molar-refractivity contribution < 1.29 is 0 Å². The summed E-state index contributed by atoms with van der Waals surface area (Å²) in [6.45, 7) is 23.1. The Morgan fingerprint density at radius 1 is 0.419 bits per heavy atom. The number of allylic oxidation sites excluding steroid dienone is 2. The number of anilines is 4. The SMILES string of the molecule is Cc1cc(C)c(B2C3=C4C(=CCC3)N3c5ccc(-c6c(C)cccc6C)cc5B(c5c(C)cc(C)cc5C)c5cccc(c53)N4c3ccc(-c4c(C)cccc4C)cc32)c(C)c1. The maximum absolute atomic E-state index is 2.68. The van der Waals surface area contributed by atoms with Crippen molar-refractivity contribution in [3.8, 4) is 22.3 Å². The molecule has 0 saturated carbocycles. The summed E-state index contributed by atoms with van der Waals surface area (Å²) in [6, 6.07) is 45.0. The molecule has 0 fully saturated rings. The van der Waals surface area contributed by atoms with Gasteiger partial charge in [-0.2, -0.15) is 0 Å². The lowest BCUT2D eigenvalue weighted by Crippen LogP contribution is -2.61. The molecule has 2 nitrogen and oxygen atoms in total. The number of para-hydroxylation sites is 1. The number of fused-ring (bicyclic) bond motifs is 6. The van der Waals surface area contributed by atoms with Gasteiger partial charge >= 0.3 is 0 Å². The molecule has 0 saturated heterocycles. The van der Waals surface area contributed by atoms with E-state index in [1.165, 1.54) is 145 Å². The lowest BCUT2D eigenvalue weighted by Gasteiger charge is -2.52. The minimum atomic E-state index is 0.0662. The Bertz CT molecular complexity index is 3080. The molecular formula is C58H54B2N2. The van der Waals surface area contributed by atoms with Crippen LogP contribution in [0.4, 0.5) is 22.7 Å². The summed E-state index contributed by atoms with van der Waals surface area (Å²) in [5.74, 6) is 0. The standard InChI is InChI=1S/C58H54B2N2/c1-33-27-39(7)55(40(8)28-33)59-45-19-13-21-51-57(45)61(49-25-23-43(31-47(49)59)53-35(3)15-11-16-36(53)4)52-22-14-20-46-58(52)62(51)50-26-24-44(54-37(5)17-12-18-38(54)6)32-48(50)60(46)56-41(9)29-34(2)30-42(56)10/h11-13,15-19,21-32H,14,20H2,1-10H3. The van der Waals surface area contributed by atoms with E-state index in [0.717, 1.165) is 12.8 Å². The summed E-state index contributed by atoms with van der Waals surface area (Å²) in [5, 5.41) is 0. The van der Waals surface area contributed by atoms with Crippen LogP contribution < -0.4 is 37.1 Å². The van der Waals surface area contributed by atoms with Crippen LogP contribution in [0.1, 0.15) is 68.5 Å². The number of hydrogen-bond acceptors (Lipinski definition) is 2. The van der Waals surface area contributed by atoms with Gasteiger partial charge in [-0.05, 0) is 161 Å². The van der Waals surface area contributed by atoms with Crippen LogP contribution in [0.3, 0.4) is 0 Å². The second kappa shape index (κ2) is 14.1. The predicted octanol–water partition coefficient (Wildman–Crippen LogP) is 11.3. The van der Waals surface area contributed by atoms with Crippen LogP contribution in [-0.4, -0.2) is 13.4 Å². The first-order chi connectivity index (χ1) is 29.9. The Morgan fingerprint density at radius 3 is 1.42 bits per heavy atom. The fourth-order valence-electron chi connectivity index (χ4n) is 12.5. The molecule has 3 heterocycles. The van der Waals surface area contributed by atoms with E-state index in [-0.39, 0.29) is 13.4 Å². The van der Waals surface area contributed by atoms with Crippen LogP contribution in [0.25, 0.3) is 22.3 Å². The zero-order chi connectivity index (χ0) is 42.9. The Morgan fingerprint density at radius 2 is 0.887 bits per heavy atom. The quantitative estimate of drug-likeness (QED) is 0.164. The Labute approximate surface area is 369 Å². The molecule has 0 N–H and O–H groups in total. The maximum Gasteiger partial charge on any atom is 0.247 e. The number of rotatable bonds is 4. The van der Waals surface area contributed by atoms with Crippen LogP contribution in [0.15, 0.2) is 138 Å². The average Bonchev–Trinajstić information content (AvgIpc) is 3.22. The Kier molecular flexibility index (Phi) is 8.82. The van der Waals surface area contributed by atoms with Gasteiger partial charge in [0.2, 0.25) is 13.4 Å². The molecule has 0 amide bonds. The number of aryl methyl sites for hydroxylation is 10. The van der Waals surface area contributed by atoms with E-state index in [2.05, 4.69) is 200 Å². The summed E-state index contributed by atoms with van der Waals surface area (Å²) in [7, 11) is 0. The molecule has 7 aromatic rings. The minimum absolute atomic E-state index is 0.0662. The predicted molar refractivity (Wildman–Crippen MR) is 269 cm³/mol. The molecule has 3 aliphatic heterocycles. The van der Waals surface area contributed by atoms with Gasteiger partial charge in [0.1, 0.15) is 0 Å². The van der Waals surface area contributed by atoms with Gasteiger partial charge in [0.15, 0.2) is 0 Å². The zero-order valence-electron chi connectivity index (χ0n) is 38.0. The summed E-state index contributed by atoms with van der Waals surface area (Å²) < 4.78 is 0. The number of benzene rings is 7. The third-order valence-corrected chi connectivity index (χ3v) is 14.7. The van der Waals surface area contributed by atoms with Crippen LogP contribution in [0.5, 0.6) is 0 Å². The highest BCUT2D eigenvalue weighted by Crippen LogP contribution is 2.54. The first-order valence-corrected chi connectivity index (χ1v) is 22.6. The monoisotopic (exact) mass is 800 g/mol. The van der Waals surface area contributed by atoms with Crippen LogP contribution in [-0.2, 0) is 0 Å². The van der Waals surface area contributed by atoms with Crippen molar-refractivity contribution in [2.24, 2.45) is 0 Å². The van der Waals surface area contributed by atoms with Crippen LogP contribution >= 0.6 is 0 Å². The molecule has 0 atom stereocenters. The summed E-state index contributed by atoms with van der Waals surface area (Å²) in [6.07, 6.45) is 4.57. The average molecular weight is 801 g/mol. The topological polar surface area (TPSA) is 6.48 Å². The third-order valence-electron chi connectivity index (χ3n) is 14.7. The number of nitrogens with zero attached hydrogens (tertiary/aromatic N) is 2. The Balaban J connectivity index is 1.23. The highest BCUT2D eigenvalue weighted by molar-refractivity contribution is 6.98. The molecule has 11 rings (SSSR count). The van der Waals surface area contributed by atoms with Gasteiger partial charge in [-0.1, -0.05) is 153 Å². The molecule has 4 aliphatic rings.